The fourth-order valence-electron chi connectivity index (χ4n) is 4.18. The van der Waals surface area contributed by atoms with Crippen molar-refractivity contribution in [3.63, 3.8) is 0 Å². The molecule has 0 aliphatic rings. The van der Waals surface area contributed by atoms with Gasteiger partial charge >= 0.3 is 5.97 Å². The van der Waals surface area contributed by atoms with Gasteiger partial charge in [-0.05, 0) is 64.1 Å². The first-order chi connectivity index (χ1) is 16.7. The van der Waals surface area contributed by atoms with Crippen LogP contribution in [0, 0.1) is 33.5 Å². The highest BCUT2D eigenvalue weighted by Crippen LogP contribution is 2.42. The summed E-state index contributed by atoms with van der Waals surface area (Å²) in [6.07, 6.45) is 0. The third-order valence-electron chi connectivity index (χ3n) is 5.97. The van der Waals surface area contributed by atoms with Gasteiger partial charge in [-0.15, -0.1) is 0 Å². The fraction of sp³-hybridized carbons (Fsp3) is 0.192. The van der Waals surface area contributed by atoms with E-state index in [9.17, 15) is 14.3 Å². The number of halogens is 1. The fourth-order valence-corrected chi connectivity index (χ4v) is 4.18. The monoisotopic (exact) mass is 476 g/mol. The van der Waals surface area contributed by atoms with Crippen LogP contribution in [-0.4, -0.2) is 21.4 Å². The minimum atomic E-state index is -1.18. The number of carboxylic acid groups (broad SMARTS) is 1. The highest BCUT2D eigenvalue weighted by Gasteiger charge is 2.26. The Hall–Kier alpha value is -4.40. The van der Waals surface area contributed by atoms with Gasteiger partial charge in [0, 0.05) is 16.5 Å². The van der Waals surface area contributed by atoms with Gasteiger partial charge in [0.25, 0.3) is 0 Å². The number of hydrogen-bond acceptors (Lipinski definition) is 7. The maximum Gasteiger partial charge on any atom is 0.340 e. The number of rotatable bonds is 6. The summed E-state index contributed by atoms with van der Waals surface area (Å²) in [5.74, 6) is 0.145. The van der Waals surface area contributed by atoms with Crippen molar-refractivity contribution in [2.75, 3.05) is 0 Å². The number of aryl methyl sites for hydroxylation is 4. The van der Waals surface area contributed by atoms with Crippen molar-refractivity contribution in [2.45, 2.75) is 34.3 Å². The minimum Gasteiger partial charge on any atom is -0.488 e. The zero-order valence-corrected chi connectivity index (χ0v) is 19.4. The first-order valence-corrected chi connectivity index (χ1v) is 10.8. The molecule has 3 aromatic heterocycles. The van der Waals surface area contributed by atoms with Crippen molar-refractivity contribution in [1.29, 1.82) is 0 Å². The molecule has 0 spiro atoms. The molecule has 0 bridgehead atoms. The minimum absolute atomic E-state index is 0.0425. The van der Waals surface area contributed by atoms with E-state index >= 15 is 0 Å². The number of nitrogens with zero attached hydrogens (tertiary/aromatic N) is 2. The zero-order valence-electron chi connectivity index (χ0n) is 19.4. The van der Waals surface area contributed by atoms with E-state index in [0.29, 0.717) is 50.8 Å². The number of carbonyl (C=O) groups is 1. The molecule has 2 aromatic carbocycles. The molecule has 3 heterocycles. The highest BCUT2D eigenvalue weighted by atomic mass is 19.1. The lowest BCUT2D eigenvalue weighted by atomic mass is 9.99. The molecule has 178 valence electrons. The molecular weight excluding hydrogens is 455 g/mol. The first kappa shape index (κ1) is 22.4. The Bertz CT molecular complexity index is 1540. The van der Waals surface area contributed by atoms with E-state index in [2.05, 4.69) is 10.3 Å². The first-order valence-electron chi connectivity index (χ1n) is 10.8. The van der Waals surface area contributed by atoms with Crippen molar-refractivity contribution in [1.82, 2.24) is 10.3 Å². The molecule has 0 radical (unpaired) electrons. The number of carboxylic acids is 1. The summed E-state index contributed by atoms with van der Waals surface area (Å²) in [6, 6.07) is 8.80. The van der Waals surface area contributed by atoms with Crippen molar-refractivity contribution in [3.8, 4) is 28.2 Å². The van der Waals surface area contributed by atoms with Crippen molar-refractivity contribution >= 4 is 16.9 Å². The quantitative estimate of drug-likeness (QED) is 0.300. The Labute approximate surface area is 198 Å². The van der Waals surface area contributed by atoms with Crippen LogP contribution < -0.4 is 4.74 Å². The average Bonchev–Trinajstić information content (AvgIpc) is 3.46. The van der Waals surface area contributed by atoms with Gasteiger partial charge in [-0.25, -0.2) is 9.18 Å². The van der Waals surface area contributed by atoms with Crippen LogP contribution in [0.2, 0.25) is 0 Å². The van der Waals surface area contributed by atoms with Gasteiger partial charge in [-0.3, -0.25) is 0 Å². The van der Waals surface area contributed by atoms with Crippen LogP contribution in [0.15, 0.2) is 49.9 Å². The number of aromatic nitrogens is 2. The summed E-state index contributed by atoms with van der Waals surface area (Å²) in [6.45, 7) is 7.37. The second-order valence-corrected chi connectivity index (χ2v) is 8.25. The van der Waals surface area contributed by atoms with E-state index in [-0.39, 0.29) is 17.9 Å². The van der Waals surface area contributed by atoms with E-state index in [1.807, 2.05) is 13.8 Å². The molecule has 1 N–H and O–H groups in total. The van der Waals surface area contributed by atoms with Crippen molar-refractivity contribution < 1.29 is 32.5 Å². The number of aromatic carboxylic acids is 1. The Kier molecular flexibility index (Phi) is 5.39. The van der Waals surface area contributed by atoms with E-state index in [0.717, 1.165) is 11.1 Å². The lowest BCUT2D eigenvalue weighted by molar-refractivity contribution is 0.0699. The number of fused-ring (bicyclic) bond motifs is 1. The van der Waals surface area contributed by atoms with Gasteiger partial charge in [0.15, 0.2) is 0 Å². The maximum absolute atomic E-state index is 13.5. The molecular formula is C26H21FN2O6. The molecule has 9 heteroatoms. The van der Waals surface area contributed by atoms with Crippen molar-refractivity contribution in [3.05, 3.63) is 76.3 Å². The number of ether oxygens (including phenoxy) is 1. The Balaban J connectivity index is 1.72. The molecule has 5 rings (SSSR count). The number of furan rings is 1. The van der Waals surface area contributed by atoms with Crippen molar-refractivity contribution in [2.24, 2.45) is 0 Å². The molecule has 35 heavy (non-hydrogen) atoms. The second-order valence-electron chi connectivity index (χ2n) is 8.25. The molecule has 8 nitrogen and oxygen atoms in total. The van der Waals surface area contributed by atoms with Gasteiger partial charge in [0.05, 0.1) is 22.5 Å². The normalized spacial score (nSPS) is 11.3. The lowest BCUT2D eigenvalue weighted by Crippen LogP contribution is -2.01. The second kappa shape index (κ2) is 8.43. The molecule has 5 aromatic rings. The zero-order chi connectivity index (χ0) is 24.9. The van der Waals surface area contributed by atoms with Crippen LogP contribution in [0.3, 0.4) is 0 Å². The average molecular weight is 476 g/mol. The molecule has 0 atom stereocenters. The highest BCUT2D eigenvalue weighted by molar-refractivity contribution is 6.09. The molecule has 0 saturated carbocycles. The van der Waals surface area contributed by atoms with E-state index < -0.39 is 11.8 Å². The van der Waals surface area contributed by atoms with Crippen LogP contribution in [0.5, 0.6) is 5.75 Å². The molecule has 0 unspecified atom stereocenters. The van der Waals surface area contributed by atoms with Gasteiger partial charge in [-0.1, -0.05) is 10.3 Å². The standard InChI is InChI=1S/C26H21FN2O6/c1-12-20(14(3)34-28-12)11-32-21-9-19-22(10-18(21)23-13(2)29-35-15(23)4)33-25(24(19)26(30)31)16-5-7-17(27)8-6-16/h5-10H,11H2,1-4H3,(H,30,31). The topological polar surface area (TPSA) is 112 Å². The SMILES string of the molecule is Cc1noc(C)c1COc1cc2c(C(=O)O)c(-c3ccc(F)cc3)oc2cc1-c1c(C)noc1C. The Morgan fingerprint density at radius 2 is 1.69 bits per heavy atom. The largest absolute Gasteiger partial charge is 0.488 e. The Morgan fingerprint density at radius 3 is 2.29 bits per heavy atom. The summed E-state index contributed by atoms with van der Waals surface area (Å²) in [7, 11) is 0. The molecule has 0 fully saturated rings. The summed E-state index contributed by atoms with van der Waals surface area (Å²) < 4.78 is 36.3. The summed E-state index contributed by atoms with van der Waals surface area (Å²) in [5.41, 5.74) is 4.24. The van der Waals surface area contributed by atoms with E-state index in [1.54, 1.807) is 26.0 Å². The Morgan fingerprint density at radius 1 is 1.00 bits per heavy atom. The van der Waals surface area contributed by atoms with Crippen LogP contribution >= 0.6 is 0 Å². The molecule has 0 amide bonds. The van der Waals surface area contributed by atoms with E-state index in [4.69, 9.17) is 18.2 Å². The van der Waals surface area contributed by atoms with Gasteiger partial charge < -0.3 is 23.3 Å². The summed E-state index contributed by atoms with van der Waals surface area (Å²) >= 11 is 0. The number of benzene rings is 2. The smallest absolute Gasteiger partial charge is 0.340 e. The number of hydrogen-bond donors (Lipinski definition) is 1. The molecule has 0 aliphatic heterocycles. The van der Waals surface area contributed by atoms with Crippen LogP contribution in [0.25, 0.3) is 33.4 Å². The van der Waals surface area contributed by atoms with Gasteiger partial charge in [0.2, 0.25) is 0 Å². The van der Waals surface area contributed by atoms with Crippen LogP contribution in [0.1, 0.15) is 38.8 Å². The molecule has 0 aliphatic carbocycles. The third kappa shape index (κ3) is 3.84. The van der Waals surface area contributed by atoms with Crippen LogP contribution in [0.4, 0.5) is 4.39 Å². The van der Waals surface area contributed by atoms with Crippen LogP contribution in [-0.2, 0) is 6.61 Å². The maximum atomic E-state index is 13.5. The summed E-state index contributed by atoms with van der Waals surface area (Å²) in [5, 5.41) is 18.4. The predicted molar refractivity (Wildman–Crippen MR) is 124 cm³/mol. The predicted octanol–water partition coefficient (Wildman–Crippen LogP) is 6.39. The van der Waals surface area contributed by atoms with Gasteiger partial charge in [-0.2, -0.15) is 0 Å². The lowest BCUT2D eigenvalue weighted by Gasteiger charge is -2.12. The van der Waals surface area contributed by atoms with E-state index in [1.165, 1.54) is 24.3 Å². The summed E-state index contributed by atoms with van der Waals surface area (Å²) in [4.78, 5) is 12.3. The third-order valence-corrected chi connectivity index (χ3v) is 5.97. The molecule has 0 saturated heterocycles. The van der Waals surface area contributed by atoms with Gasteiger partial charge in [0.1, 0.15) is 46.6 Å².